The van der Waals surface area contributed by atoms with Crippen molar-refractivity contribution >= 4 is 21.0 Å². The second-order valence-electron chi connectivity index (χ2n) is 6.30. The first kappa shape index (κ1) is 16.8. The molecule has 0 aliphatic heterocycles. The molecule has 1 aliphatic carbocycles. The third-order valence-corrected chi connectivity index (χ3v) is 5.69. The predicted molar refractivity (Wildman–Crippen MR) is 93.6 cm³/mol. The van der Waals surface area contributed by atoms with Crippen molar-refractivity contribution in [2.24, 2.45) is 5.92 Å². The minimum atomic E-state index is -3.25. The molecule has 0 saturated heterocycles. The summed E-state index contributed by atoms with van der Waals surface area (Å²) in [5, 5.41) is 0. The van der Waals surface area contributed by atoms with Crippen LogP contribution in [0.25, 0.3) is 11.1 Å². The Morgan fingerprint density at radius 2 is 1.75 bits per heavy atom. The first-order valence-electron chi connectivity index (χ1n) is 8.03. The number of nitrogens with zero attached hydrogens (tertiary/aromatic N) is 1. The summed E-state index contributed by atoms with van der Waals surface area (Å²) >= 11 is 0. The van der Waals surface area contributed by atoms with E-state index >= 15 is 0 Å². The van der Waals surface area contributed by atoms with Crippen LogP contribution < -0.4 is 0 Å². The molecular weight excluding hydrogens is 325 g/mol. The fraction of sp³-hybridized carbons (Fsp3) is 0.316. The average molecular weight is 345 g/mol. The van der Waals surface area contributed by atoms with Gasteiger partial charge in [-0.15, -0.1) is 0 Å². The van der Waals surface area contributed by atoms with Crippen LogP contribution >= 0.6 is 0 Å². The highest BCUT2D eigenvalue weighted by Gasteiger charge is 2.25. The number of allylic oxidation sites excluding steroid dienone is 2. The third-order valence-electron chi connectivity index (χ3n) is 4.59. The molecule has 1 aromatic heterocycles. The Kier molecular flexibility index (Phi) is 4.54. The van der Waals surface area contributed by atoms with Gasteiger partial charge in [0.15, 0.2) is 9.84 Å². The summed E-state index contributed by atoms with van der Waals surface area (Å²) in [6, 6.07) is 9.92. The van der Waals surface area contributed by atoms with Crippen molar-refractivity contribution < 1.29 is 12.8 Å². The number of hydrogen-bond acceptors (Lipinski definition) is 3. The quantitative estimate of drug-likeness (QED) is 0.827. The molecule has 24 heavy (non-hydrogen) atoms. The number of aromatic nitrogens is 1. The van der Waals surface area contributed by atoms with E-state index in [1.165, 1.54) is 30.2 Å². The minimum absolute atomic E-state index is 0.222. The zero-order valence-corrected chi connectivity index (χ0v) is 14.6. The molecule has 5 heteroatoms. The molecule has 3 rings (SSSR count). The highest BCUT2D eigenvalue weighted by Crippen LogP contribution is 2.43. The number of hydrogen-bond donors (Lipinski definition) is 0. The molecular formula is C19H20FNO2S. The van der Waals surface area contributed by atoms with Crippen molar-refractivity contribution in [2.75, 3.05) is 6.26 Å². The maximum atomic E-state index is 13.2. The zero-order valence-electron chi connectivity index (χ0n) is 13.8. The summed E-state index contributed by atoms with van der Waals surface area (Å²) in [6.07, 6.45) is 5.51. The lowest BCUT2D eigenvalue weighted by Crippen LogP contribution is -1.99. The van der Waals surface area contributed by atoms with E-state index < -0.39 is 9.84 Å². The summed E-state index contributed by atoms with van der Waals surface area (Å²) in [5.74, 6) is 0.290. The summed E-state index contributed by atoms with van der Waals surface area (Å²) in [6.45, 7) is 2.16. The van der Waals surface area contributed by atoms with Crippen molar-refractivity contribution in [1.82, 2.24) is 4.98 Å². The van der Waals surface area contributed by atoms with Crippen LogP contribution in [0.4, 0.5) is 4.39 Å². The van der Waals surface area contributed by atoms with E-state index in [0.717, 1.165) is 36.1 Å². The second-order valence-corrected chi connectivity index (χ2v) is 8.31. The van der Waals surface area contributed by atoms with Gasteiger partial charge in [-0.3, -0.25) is 4.98 Å². The van der Waals surface area contributed by atoms with Crippen LogP contribution in [-0.2, 0) is 9.84 Å². The van der Waals surface area contributed by atoms with E-state index in [2.05, 4.69) is 11.9 Å². The molecule has 1 heterocycles. The number of rotatable bonds is 4. The van der Waals surface area contributed by atoms with E-state index in [1.807, 2.05) is 0 Å². The van der Waals surface area contributed by atoms with Crippen LogP contribution in [0.2, 0.25) is 0 Å². The molecule has 1 unspecified atom stereocenters. The van der Waals surface area contributed by atoms with Crippen molar-refractivity contribution in [3.8, 4) is 0 Å². The SMILES string of the molecule is CCC1CC(c2ccc(F)cc2)=C(c2ccc(S(C)(=O)=O)cn2)C1. The molecule has 1 aromatic carbocycles. The van der Waals surface area contributed by atoms with Gasteiger partial charge in [-0.1, -0.05) is 25.5 Å². The Balaban J connectivity index is 2.04. The minimum Gasteiger partial charge on any atom is -0.255 e. The summed E-state index contributed by atoms with van der Waals surface area (Å²) in [5.41, 5.74) is 4.13. The van der Waals surface area contributed by atoms with Gasteiger partial charge in [0.05, 0.1) is 10.6 Å². The van der Waals surface area contributed by atoms with E-state index in [9.17, 15) is 12.8 Å². The fourth-order valence-electron chi connectivity index (χ4n) is 3.17. The van der Waals surface area contributed by atoms with Gasteiger partial charge in [0.25, 0.3) is 0 Å². The van der Waals surface area contributed by atoms with Gasteiger partial charge in [-0.05, 0) is 59.7 Å². The molecule has 2 aromatic rings. The molecule has 0 saturated carbocycles. The van der Waals surface area contributed by atoms with Gasteiger partial charge in [0.2, 0.25) is 0 Å². The summed E-state index contributed by atoms with van der Waals surface area (Å²) in [4.78, 5) is 4.60. The predicted octanol–water partition coefficient (Wildman–Crippen LogP) is 4.36. The van der Waals surface area contributed by atoms with E-state index in [4.69, 9.17) is 0 Å². The van der Waals surface area contributed by atoms with Crippen LogP contribution in [-0.4, -0.2) is 19.7 Å². The second kappa shape index (κ2) is 6.48. The monoisotopic (exact) mass is 345 g/mol. The normalized spacial score (nSPS) is 18.2. The molecule has 1 atom stereocenters. The van der Waals surface area contributed by atoms with Crippen LogP contribution in [0.3, 0.4) is 0 Å². The standard InChI is InChI=1S/C19H20FNO2S/c1-3-13-10-17(14-4-6-15(20)7-5-14)18(11-13)19-9-8-16(12-21-19)24(2,22)23/h4-9,12-13H,3,10-11H2,1-2H3. The van der Waals surface area contributed by atoms with Gasteiger partial charge in [0, 0.05) is 12.5 Å². The highest BCUT2D eigenvalue weighted by molar-refractivity contribution is 7.90. The Bertz CT molecular complexity index is 869. The molecule has 0 spiro atoms. The summed E-state index contributed by atoms with van der Waals surface area (Å²) < 4.78 is 36.4. The maximum absolute atomic E-state index is 13.2. The van der Waals surface area contributed by atoms with Gasteiger partial charge in [0.1, 0.15) is 5.82 Å². The first-order valence-corrected chi connectivity index (χ1v) is 9.92. The van der Waals surface area contributed by atoms with Gasteiger partial charge in [-0.25, -0.2) is 12.8 Å². The number of sulfone groups is 1. The van der Waals surface area contributed by atoms with Gasteiger partial charge < -0.3 is 0 Å². The van der Waals surface area contributed by atoms with Crippen LogP contribution in [0.1, 0.15) is 37.4 Å². The highest BCUT2D eigenvalue weighted by atomic mass is 32.2. The fourth-order valence-corrected chi connectivity index (χ4v) is 3.72. The van der Waals surface area contributed by atoms with Crippen LogP contribution in [0.5, 0.6) is 0 Å². The topological polar surface area (TPSA) is 47.0 Å². The van der Waals surface area contributed by atoms with Gasteiger partial charge >= 0.3 is 0 Å². The first-order chi connectivity index (χ1) is 11.4. The Labute approximate surface area is 142 Å². The van der Waals surface area contributed by atoms with Crippen molar-refractivity contribution in [3.63, 3.8) is 0 Å². The zero-order chi connectivity index (χ0) is 17.3. The molecule has 0 radical (unpaired) electrons. The van der Waals surface area contributed by atoms with Gasteiger partial charge in [-0.2, -0.15) is 0 Å². The Morgan fingerprint density at radius 1 is 1.08 bits per heavy atom. The lowest BCUT2D eigenvalue weighted by Gasteiger charge is -2.08. The number of pyridine rings is 1. The number of benzene rings is 1. The molecule has 0 N–H and O–H groups in total. The molecule has 0 bridgehead atoms. The molecule has 0 fully saturated rings. The molecule has 3 nitrogen and oxygen atoms in total. The molecule has 1 aliphatic rings. The Hall–Kier alpha value is -2.01. The van der Waals surface area contributed by atoms with Crippen LogP contribution in [0.15, 0.2) is 47.5 Å². The lowest BCUT2D eigenvalue weighted by molar-refractivity contribution is 0.558. The van der Waals surface area contributed by atoms with Crippen molar-refractivity contribution in [1.29, 1.82) is 0 Å². The summed E-state index contributed by atoms with van der Waals surface area (Å²) in [7, 11) is -3.25. The van der Waals surface area contributed by atoms with Crippen molar-refractivity contribution in [2.45, 2.75) is 31.1 Å². The lowest BCUT2D eigenvalue weighted by atomic mass is 9.99. The smallest absolute Gasteiger partial charge is 0.177 e. The third kappa shape index (κ3) is 3.41. The molecule has 0 amide bonds. The Morgan fingerprint density at radius 3 is 2.29 bits per heavy atom. The van der Waals surface area contributed by atoms with Crippen molar-refractivity contribution in [3.05, 3.63) is 59.7 Å². The van der Waals surface area contributed by atoms with Crippen LogP contribution in [0, 0.1) is 11.7 Å². The van der Waals surface area contributed by atoms with E-state index in [-0.39, 0.29) is 10.7 Å². The largest absolute Gasteiger partial charge is 0.255 e. The van der Waals surface area contributed by atoms with E-state index in [1.54, 1.807) is 24.3 Å². The molecule has 126 valence electrons. The maximum Gasteiger partial charge on any atom is 0.177 e. The average Bonchev–Trinajstić information content (AvgIpc) is 2.99. The van der Waals surface area contributed by atoms with E-state index in [0.29, 0.717) is 5.92 Å². The number of halogens is 1.